The highest BCUT2D eigenvalue weighted by molar-refractivity contribution is 8.00. The van der Waals surface area contributed by atoms with E-state index in [0.29, 0.717) is 13.0 Å². The highest BCUT2D eigenvalue weighted by atomic mass is 32.2. The lowest BCUT2D eigenvalue weighted by Crippen LogP contribution is -2.29. The standard InChI is InChI=1S/C13H15F2NO3S/c1-16(6-2-3-13(18)19)12(17)8-20-11-5-4-9(14)7-10(11)15/h4-5,7H,2-3,6,8H2,1H3,(H,18,19). The maximum atomic E-state index is 13.3. The summed E-state index contributed by atoms with van der Waals surface area (Å²) in [7, 11) is 1.56. The Morgan fingerprint density at radius 1 is 1.35 bits per heavy atom. The molecule has 1 rings (SSSR count). The van der Waals surface area contributed by atoms with Gasteiger partial charge in [-0.05, 0) is 18.6 Å². The van der Waals surface area contributed by atoms with E-state index in [1.807, 2.05) is 0 Å². The molecule has 1 N–H and O–H groups in total. The number of carboxylic acids is 1. The lowest BCUT2D eigenvalue weighted by molar-refractivity contribution is -0.137. The molecular formula is C13H15F2NO3S. The van der Waals surface area contributed by atoms with Gasteiger partial charge in [-0.3, -0.25) is 9.59 Å². The van der Waals surface area contributed by atoms with Crippen molar-refractivity contribution in [2.45, 2.75) is 17.7 Å². The van der Waals surface area contributed by atoms with Crippen LogP contribution >= 0.6 is 11.8 Å². The summed E-state index contributed by atoms with van der Waals surface area (Å²) >= 11 is 0.983. The van der Waals surface area contributed by atoms with Crippen LogP contribution < -0.4 is 0 Å². The number of carbonyl (C=O) groups is 2. The molecule has 7 heteroatoms. The molecule has 0 aliphatic heterocycles. The molecular weight excluding hydrogens is 288 g/mol. The van der Waals surface area contributed by atoms with Crippen LogP contribution in [0, 0.1) is 11.6 Å². The van der Waals surface area contributed by atoms with Crippen molar-refractivity contribution in [3.8, 4) is 0 Å². The zero-order valence-electron chi connectivity index (χ0n) is 10.9. The van der Waals surface area contributed by atoms with Gasteiger partial charge in [-0.15, -0.1) is 11.8 Å². The normalized spacial score (nSPS) is 10.3. The van der Waals surface area contributed by atoms with Crippen LogP contribution in [-0.2, 0) is 9.59 Å². The fourth-order valence-electron chi connectivity index (χ4n) is 1.43. The van der Waals surface area contributed by atoms with Gasteiger partial charge in [-0.25, -0.2) is 8.78 Å². The van der Waals surface area contributed by atoms with Gasteiger partial charge in [0.2, 0.25) is 5.91 Å². The number of benzene rings is 1. The first kappa shape index (κ1) is 16.4. The second-order valence-electron chi connectivity index (χ2n) is 4.18. The Kier molecular flexibility index (Phi) is 6.44. The zero-order chi connectivity index (χ0) is 15.1. The minimum atomic E-state index is -0.909. The van der Waals surface area contributed by atoms with Gasteiger partial charge in [0.15, 0.2) is 0 Å². The molecule has 0 radical (unpaired) electrons. The van der Waals surface area contributed by atoms with Gasteiger partial charge >= 0.3 is 5.97 Å². The number of aliphatic carboxylic acids is 1. The first-order chi connectivity index (χ1) is 9.40. The predicted molar refractivity (Wildman–Crippen MR) is 71.6 cm³/mol. The number of rotatable bonds is 7. The highest BCUT2D eigenvalue weighted by Gasteiger charge is 2.12. The van der Waals surface area contributed by atoms with Gasteiger partial charge in [0.25, 0.3) is 0 Å². The number of thioether (sulfide) groups is 1. The van der Waals surface area contributed by atoms with Crippen LogP contribution in [0.4, 0.5) is 8.78 Å². The number of nitrogens with zero attached hydrogens (tertiary/aromatic N) is 1. The van der Waals surface area contributed by atoms with Gasteiger partial charge in [0.05, 0.1) is 5.75 Å². The second kappa shape index (κ2) is 7.84. The van der Waals surface area contributed by atoms with E-state index in [-0.39, 0.29) is 23.0 Å². The molecule has 0 heterocycles. The summed E-state index contributed by atoms with van der Waals surface area (Å²) in [6, 6.07) is 3.18. The smallest absolute Gasteiger partial charge is 0.303 e. The van der Waals surface area contributed by atoms with Crippen molar-refractivity contribution in [2.75, 3.05) is 19.3 Å². The van der Waals surface area contributed by atoms with E-state index in [4.69, 9.17) is 5.11 Å². The predicted octanol–water partition coefficient (Wildman–Crippen LogP) is 2.38. The lowest BCUT2D eigenvalue weighted by Gasteiger charge is -2.16. The Bertz CT molecular complexity index is 497. The number of halogens is 2. The summed E-state index contributed by atoms with van der Waals surface area (Å²) in [5, 5.41) is 8.49. The quantitative estimate of drug-likeness (QED) is 0.786. The Labute approximate surface area is 119 Å². The van der Waals surface area contributed by atoms with Crippen LogP contribution in [0.3, 0.4) is 0 Å². The molecule has 1 aromatic carbocycles. The number of hydrogen-bond acceptors (Lipinski definition) is 3. The van der Waals surface area contributed by atoms with E-state index in [2.05, 4.69) is 0 Å². The van der Waals surface area contributed by atoms with Crippen LogP contribution in [0.2, 0.25) is 0 Å². The third-order valence-electron chi connectivity index (χ3n) is 2.55. The van der Waals surface area contributed by atoms with E-state index in [1.165, 1.54) is 11.0 Å². The van der Waals surface area contributed by atoms with Crippen molar-refractivity contribution < 1.29 is 23.5 Å². The monoisotopic (exact) mass is 303 g/mol. The summed E-state index contributed by atoms with van der Waals surface area (Å²) in [5.41, 5.74) is 0. The van der Waals surface area contributed by atoms with E-state index in [0.717, 1.165) is 23.9 Å². The fraction of sp³-hybridized carbons (Fsp3) is 0.385. The van der Waals surface area contributed by atoms with Crippen LogP contribution in [0.15, 0.2) is 23.1 Å². The van der Waals surface area contributed by atoms with Crippen molar-refractivity contribution in [2.24, 2.45) is 0 Å². The highest BCUT2D eigenvalue weighted by Crippen LogP contribution is 2.22. The van der Waals surface area contributed by atoms with Gasteiger partial charge < -0.3 is 10.0 Å². The minimum Gasteiger partial charge on any atom is -0.481 e. The lowest BCUT2D eigenvalue weighted by atomic mass is 10.3. The van der Waals surface area contributed by atoms with Crippen molar-refractivity contribution >= 4 is 23.6 Å². The Hall–Kier alpha value is -1.63. The topological polar surface area (TPSA) is 57.6 Å². The number of hydrogen-bond donors (Lipinski definition) is 1. The Morgan fingerprint density at radius 3 is 2.65 bits per heavy atom. The first-order valence-corrected chi connectivity index (χ1v) is 6.92. The van der Waals surface area contributed by atoms with Crippen molar-refractivity contribution in [1.82, 2.24) is 4.90 Å². The van der Waals surface area contributed by atoms with Crippen LogP contribution in [0.1, 0.15) is 12.8 Å². The number of carbonyl (C=O) groups excluding carboxylic acids is 1. The molecule has 0 bridgehead atoms. The third-order valence-corrected chi connectivity index (χ3v) is 3.59. The summed E-state index contributed by atoms with van der Waals surface area (Å²) in [5.74, 6) is -2.48. The maximum absolute atomic E-state index is 13.3. The number of carboxylic acid groups (broad SMARTS) is 1. The van der Waals surface area contributed by atoms with E-state index in [1.54, 1.807) is 7.05 Å². The second-order valence-corrected chi connectivity index (χ2v) is 5.19. The van der Waals surface area contributed by atoms with E-state index in [9.17, 15) is 18.4 Å². The molecule has 4 nitrogen and oxygen atoms in total. The molecule has 0 aliphatic carbocycles. The molecule has 20 heavy (non-hydrogen) atoms. The van der Waals surface area contributed by atoms with Gasteiger partial charge in [-0.1, -0.05) is 0 Å². The average molecular weight is 303 g/mol. The minimum absolute atomic E-state index is 0.00263. The molecule has 0 unspecified atom stereocenters. The maximum Gasteiger partial charge on any atom is 0.303 e. The summed E-state index contributed by atoms with van der Waals surface area (Å²) < 4.78 is 26.0. The molecule has 1 aromatic rings. The molecule has 1 amide bonds. The molecule has 0 aliphatic rings. The van der Waals surface area contributed by atoms with Gasteiger partial charge in [0.1, 0.15) is 11.6 Å². The Balaban J connectivity index is 2.40. The summed E-state index contributed by atoms with van der Waals surface area (Å²) in [4.78, 5) is 23.7. The van der Waals surface area contributed by atoms with Crippen molar-refractivity contribution in [3.63, 3.8) is 0 Å². The molecule has 0 atom stereocenters. The fourth-order valence-corrected chi connectivity index (χ4v) is 2.29. The first-order valence-electron chi connectivity index (χ1n) is 5.93. The zero-order valence-corrected chi connectivity index (χ0v) is 11.8. The van der Waals surface area contributed by atoms with E-state index >= 15 is 0 Å². The molecule has 0 fully saturated rings. The Morgan fingerprint density at radius 2 is 2.05 bits per heavy atom. The van der Waals surface area contributed by atoms with Crippen LogP contribution in [-0.4, -0.2) is 41.2 Å². The molecule has 110 valence electrons. The summed E-state index contributed by atoms with van der Waals surface area (Å²) in [6.45, 7) is 0.331. The van der Waals surface area contributed by atoms with Crippen molar-refractivity contribution in [3.05, 3.63) is 29.8 Å². The number of amides is 1. The third kappa shape index (κ3) is 5.56. The van der Waals surface area contributed by atoms with Crippen molar-refractivity contribution in [1.29, 1.82) is 0 Å². The largest absolute Gasteiger partial charge is 0.481 e. The average Bonchev–Trinajstić information content (AvgIpc) is 2.36. The molecule has 0 spiro atoms. The summed E-state index contributed by atoms with van der Waals surface area (Å²) in [6.07, 6.45) is 0.366. The van der Waals surface area contributed by atoms with Crippen LogP contribution in [0.25, 0.3) is 0 Å². The van der Waals surface area contributed by atoms with Crippen LogP contribution in [0.5, 0.6) is 0 Å². The van der Waals surface area contributed by atoms with Gasteiger partial charge in [-0.2, -0.15) is 0 Å². The molecule has 0 saturated carbocycles. The van der Waals surface area contributed by atoms with Gasteiger partial charge in [0, 0.05) is 31.0 Å². The molecule has 0 saturated heterocycles. The molecule has 0 aromatic heterocycles. The SMILES string of the molecule is CN(CCCC(=O)O)C(=O)CSc1ccc(F)cc1F. The van der Waals surface area contributed by atoms with E-state index < -0.39 is 17.6 Å².